The molecule has 1 saturated heterocycles. The monoisotopic (exact) mass is 473 g/mol. The van der Waals surface area contributed by atoms with Gasteiger partial charge in [0.1, 0.15) is 0 Å². The first-order valence-corrected chi connectivity index (χ1v) is 12.5. The van der Waals surface area contributed by atoms with E-state index in [9.17, 15) is 9.59 Å². The van der Waals surface area contributed by atoms with E-state index in [1.54, 1.807) is 22.4 Å². The van der Waals surface area contributed by atoms with Gasteiger partial charge in [0.2, 0.25) is 5.91 Å². The molecule has 1 aliphatic heterocycles. The number of rotatable bonds is 5. The predicted molar refractivity (Wildman–Crippen MR) is 135 cm³/mol. The molecule has 1 atom stereocenters. The SMILES string of the molecule is CC(C)n1ncc2c(C(=O)N3CCCC(C(=O)Nc4ccccc4)C3)cc(-c3cccs3)nc21. The minimum absolute atomic E-state index is 0.0459. The number of aromatic nitrogens is 3. The smallest absolute Gasteiger partial charge is 0.254 e. The van der Waals surface area contributed by atoms with Crippen LogP contribution in [0, 0.1) is 5.92 Å². The Morgan fingerprint density at radius 1 is 1.15 bits per heavy atom. The van der Waals surface area contributed by atoms with Crippen molar-refractivity contribution in [3.8, 4) is 10.6 Å². The molecule has 0 saturated carbocycles. The predicted octanol–water partition coefficient (Wildman–Crippen LogP) is 5.23. The Bertz CT molecular complexity index is 1310. The molecule has 8 heteroatoms. The summed E-state index contributed by atoms with van der Waals surface area (Å²) in [6, 6.07) is 15.4. The van der Waals surface area contributed by atoms with Crippen molar-refractivity contribution in [1.29, 1.82) is 0 Å². The number of likely N-dealkylation sites (tertiary alicyclic amines) is 1. The zero-order valence-electron chi connectivity index (χ0n) is 19.3. The first-order chi connectivity index (χ1) is 16.5. The zero-order chi connectivity index (χ0) is 23.7. The maximum atomic E-state index is 13.8. The van der Waals surface area contributed by atoms with Crippen molar-refractivity contribution in [3.05, 3.63) is 65.7 Å². The quantitative estimate of drug-likeness (QED) is 0.430. The van der Waals surface area contributed by atoms with E-state index in [2.05, 4.69) is 10.4 Å². The number of anilines is 1. The van der Waals surface area contributed by atoms with Crippen LogP contribution in [0.4, 0.5) is 5.69 Å². The van der Waals surface area contributed by atoms with E-state index in [1.165, 1.54) is 0 Å². The number of fused-ring (bicyclic) bond motifs is 1. The van der Waals surface area contributed by atoms with Gasteiger partial charge in [-0.2, -0.15) is 5.10 Å². The van der Waals surface area contributed by atoms with Gasteiger partial charge in [0.25, 0.3) is 5.91 Å². The van der Waals surface area contributed by atoms with Gasteiger partial charge in [0.15, 0.2) is 5.65 Å². The lowest BCUT2D eigenvalue weighted by atomic mass is 9.96. The second kappa shape index (κ2) is 9.38. The number of thiophene rings is 1. The van der Waals surface area contributed by atoms with Crippen LogP contribution in [0.25, 0.3) is 21.6 Å². The summed E-state index contributed by atoms with van der Waals surface area (Å²) in [6.07, 6.45) is 3.28. The second-order valence-corrected chi connectivity index (χ2v) is 9.85. The van der Waals surface area contributed by atoms with Crippen LogP contribution in [0.3, 0.4) is 0 Å². The Kier molecular flexibility index (Phi) is 6.15. The highest BCUT2D eigenvalue weighted by molar-refractivity contribution is 7.13. The molecule has 2 amide bonds. The molecule has 1 N–H and O–H groups in total. The Morgan fingerprint density at radius 3 is 2.71 bits per heavy atom. The van der Waals surface area contributed by atoms with Crippen molar-refractivity contribution in [3.63, 3.8) is 0 Å². The van der Waals surface area contributed by atoms with E-state index in [4.69, 9.17) is 4.98 Å². The maximum Gasteiger partial charge on any atom is 0.254 e. The third-order valence-corrected chi connectivity index (χ3v) is 7.07. The molecule has 7 nitrogen and oxygen atoms in total. The number of amides is 2. The lowest BCUT2D eigenvalue weighted by Gasteiger charge is -2.32. The molecule has 1 aromatic carbocycles. The normalized spacial score (nSPS) is 16.2. The first kappa shape index (κ1) is 22.3. The maximum absolute atomic E-state index is 13.8. The van der Waals surface area contributed by atoms with Crippen LogP contribution < -0.4 is 5.32 Å². The average molecular weight is 474 g/mol. The number of pyridine rings is 1. The van der Waals surface area contributed by atoms with Crippen LogP contribution in [0.15, 0.2) is 60.1 Å². The molecule has 5 rings (SSSR count). The first-order valence-electron chi connectivity index (χ1n) is 11.6. The summed E-state index contributed by atoms with van der Waals surface area (Å²) in [4.78, 5) is 34.3. The summed E-state index contributed by atoms with van der Waals surface area (Å²) >= 11 is 1.59. The topological polar surface area (TPSA) is 80.1 Å². The molecule has 4 aromatic rings. The summed E-state index contributed by atoms with van der Waals surface area (Å²) in [6.45, 7) is 5.13. The van der Waals surface area contributed by atoms with Gasteiger partial charge in [-0.1, -0.05) is 24.3 Å². The van der Waals surface area contributed by atoms with E-state index in [1.807, 2.05) is 72.4 Å². The minimum atomic E-state index is -0.245. The molecule has 1 unspecified atom stereocenters. The Morgan fingerprint density at radius 2 is 1.97 bits per heavy atom. The van der Waals surface area contributed by atoms with Crippen molar-refractivity contribution in [2.24, 2.45) is 5.92 Å². The van der Waals surface area contributed by atoms with Crippen molar-refractivity contribution in [1.82, 2.24) is 19.7 Å². The summed E-state index contributed by atoms with van der Waals surface area (Å²) < 4.78 is 1.86. The van der Waals surface area contributed by atoms with Crippen molar-refractivity contribution in [2.75, 3.05) is 18.4 Å². The Hall–Kier alpha value is -3.52. The molecule has 0 aliphatic carbocycles. The Labute approximate surface area is 202 Å². The molecule has 4 heterocycles. The molecule has 34 heavy (non-hydrogen) atoms. The van der Waals surface area contributed by atoms with E-state index < -0.39 is 0 Å². The van der Waals surface area contributed by atoms with Crippen LogP contribution in [0.5, 0.6) is 0 Å². The lowest BCUT2D eigenvalue weighted by Crippen LogP contribution is -2.43. The fourth-order valence-electron chi connectivity index (χ4n) is 4.44. The van der Waals surface area contributed by atoms with Crippen molar-refractivity contribution < 1.29 is 9.59 Å². The fraction of sp³-hybridized carbons (Fsp3) is 0.308. The number of para-hydroxylation sites is 1. The second-order valence-electron chi connectivity index (χ2n) is 8.90. The molecule has 1 aliphatic rings. The van der Waals surface area contributed by atoms with Gasteiger partial charge in [-0.15, -0.1) is 11.3 Å². The number of hydrogen-bond donors (Lipinski definition) is 1. The molecule has 0 spiro atoms. The van der Waals surface area contributed by atoms with Gasteiger partial charge in [-0.25, -0.2) is 9.67 Å². The minimum Gasteiger partial charge on any atom is -0.338 e. The van der Waals surface area contributed by atoms with E-state index in [0.29, 0.717) is 24.3 Å². The zero-order valence-corrected chi connectivity index (χ0v) is 20.1. The summed E-state index contributed by atoms with van der Waals surface area (Å²) in [7, 11) is 0. The fourth-order valence-corrected chi connectivity index (χ4v) is 5.12. The van der Waals surface area contributed by atoms with Gasteiger partial charge in [0, 0.05) is 24.8 Å². The average Bonchev–Trinajstić information content (AvgIpc) is 3.54. The van der Waals surface area contributed by atoms with E-state index in [0.717, 1.165) is 34.5 Å². The summed E-state index contributed by atoms with van der Waals surface area (Å²) in [5, 5.41) is 10.3. The highest BCUT2D eigenvalue weighted by Crippen LogP contribution is 2.30. The molecular formula is C26H27N5O2S. The van der Waals surface area contributed by atoms with Gasteiger partial charge < -0.3 is 10.2 Å². The lowest BCUT2D eigenvalue weighted by molar-refractivity contribution is -0.121. The molecular weight excluding hydrogens is 446 g/mol. The van der Waals surface area contributed by atoms with Gasteiger partial charge in [-0.05, 0) is 56.3 Å². The standard InChI is InChI=1S/C26H27N5O2S/c1-17(2)31-24-21(15-27-31)20(14-22(29-24)23-11-7-13-34-23)26(33)30-12-6-8-18(16-30)25(32)28-19-9-4-3-5-10-19/h3-5,7,9-11,13-15,17-18H,6,8,12,16H2,1-2H3,(H,28,32). The number of nitrogens with zero attached hydrogens (tertiary/aromatic N) is 4. The number of nitrogens with one attached hydrogen (secondary N) is 1. The summed E-state index contributed by atoms with van der Waals surface area (Å²) in [5.74, 6) is -0.369. The van der Waals surface area contributed by atoms with Crippen LogP contribution in [-0.2, 0) is 4.79 Å². The largest absolute Gasteiger partial charge is 0.338 e. The molecule has 3 aromatic heterocycles. The number of benzene rings is 1. The van der Waals surface area contributed by atoms with Crippen LogP contribution in [0.1, 0.15) is 43.1 Å². The highest BCUT2D eigenvalue weighted by atomic mass is 32.1. The number of carbonyl (C=O) groups excluding carboxylic acids is 2. The molecule has 174 valence electrons. The number of hydrogen-bond acceptors (Lipinski definition) is 5. The number of carbonyl (C=O) groups is 2. The van der Waals surface area contributed by atoms with Crippen LogP contribution in [0.2, 0.25) is 0 Å². The van der Waals surface area contributed by atoms with E-state index in [-0.39, 0.29) is 23.8 Å². The molecule has 0 radical (unpaired) electrons. The highest BCUT2D eigenvalue weighted by Gasteiger charge is 2.30. The van der Waals surface area contributed by atoms with Crippen molar-refractivity contribution in [2.45, 2.75) is 32.7 Å². The molecule has 0 bridgehead atoms. The van der Waals surface area contributed by atoms with Crippen LogP contribution in [-0.4, -0.2) is 44.6 Å². The van der Waals surface area contributed by atoms with Gasteiger partial charge in [-0.3, -0.25) is 9.59 Å². The third-order valence-electron chi connectivity index (χ3n) is 6.18. The Balaban J connectivity index is 1.45. The van der Waals surface area contributed by atoms with Crippen molar-refractivity contribution >= 4 is 39.9 Å². The van der Waals surface area contributed by atoms with Crippen LogP contribution >= 0.6 is 11.3 Å². The van der Waals surface area contributed by atoms with Gasteiger partial charge in [0.05, 0.1) is 33.6 Å². The summed E-state index contributed by atoms with van der Waals surface area (Å²) in [5.41, 5.74) is 2.83. The number of piperidine rings is 1. The molecule has 1 fully saturated rings. The van der Waals surface area contributed by atoms with E-state index >= 15 is 0 Å². The third kappa shape index (κ3) is 4.33. The van der Waals surface area contributed by atoms with Gasteiger partial charge >= 0.3 is 0 Å².